The van der Waals surface area contributed by atoms with Crippen LogP contribution in [0.15, 0.2) is 29.6 Å². The average molecular weight is 357 g/mol. The number of aromatic nitrogens is 1. The van der Waals surface area contributed by atoms with Crippen molar-refractivity contribution < 1.29 is 9.59 Å². The maximum atomic E-state index is 12.0. The summed E-state index contributed by atoms with van der Waals surface area (Å²) < 4.78 is 0. The van der Waals surface area contributed by atoms with Gasteiger partial charge in [0.1, 0.15) is 0 Å². The third-order valence-corrected chi connectivity index (χ3v) is 5.29. The van der Waals surface area contributed by atoms with E-state index in [0.29, 0.717) is 16.6 Å². The molecule has 25 heavy (non-hydrogen) atoms. The lowest BCUT2D eigenvalue weighted by atomic mass is 9.87. The van der Waals surface area contributed by atoms with Crippen molar-refractivity contribution in [3.05, 3.63) is 46.5 Å². The second-order valence-corrected chi connectivity index (χ2v) is 7.37. The van der Waals surface area contributed by atoms with Crippen LogP contribution in [0.1, 0.15) is 59.6 Å². The van der Waals surface area contributed by atoms with E-state index in [1.165, 1.54) is 43.4 Å². The number of carbonyl (C=O) groups is 2. The monoisotopic (exact) mass is 357 g/mol. The quantitative estimate of drug-likeness (QED) is 0.853. The average Bonchev–Trinajstić information content (AvgIpc) is 3.09. The van der Waals surface area contributed by atoms with E-state index in [1.54, 1.807) is 12.1 Å². The molecule has 3 rings (SSSR count). The van der Waals surface area contributed by atoms with Crippen molar-refractivity contribution in [3.63, 3.8) is 0 Å². The number of nitrogens with one attached hydrogen (secondary N) is 2. The van der Waals surface area contributed by atoms with Gasteiger partial charge in [-0.15, -0.1) is 11.3 Å². The molecule has 1 aromatic carbocycles. The number of amides is 2. The molecule has 0 spiro atoms. The Kier molecular flexibility index (Phi) is 5.81. The first-order chi connectivity index (χ1) is 12.1. The molecule has 0 saturated heterocycles. The largest absolute Gasteiger partial charge is 0.343 e. The van der Waals surface area contributed by atoms with E-state index in [1.807, 2.05) is 24.4 Å². The van der Waals surface area contributed by atoms with Gasteiger partial charge in [-0.2, -0.15) is 0 Å². The predicted molar refractivity (Wildman–Crippen MR) is 100 cm³/mol. The van der Waals surface area contributed by atoms with Crippen LogP contribution in [-0.2, 0) is 4.79 Å². The van der Waals surface area contributed by atoms with Crippen molar-refractivity contribution in [1.29, 1.82) is 0 Å². The minimum absolute atomic E-state index is 0.0644. The zero-order valence-electron chi connectivity index (χ0n) is 14.4. The van der Waals surface area contributed by atoms with Crippen molar-refractivity contribution in [2.75, 3.05) is 11.9 Å². The Balaban J connectivity index is 1.48. The third kappa shape index (κ3) is 4.89. The molecule has 2 amide bonds. The number of nitrogens with zero attached hydrogens (tertiary/aromatic N) is 1. The molecule has 1 heterocycles. The number of carbonyl (C=O) groups excluding carboxylic acids is 2. The number of hydrogen-bond acceptors (Lipinski definition) is 4. The van der Waals surface area contributed by atoms with Crippen LogP contribution in [-0.4, -0.2) is 23.3 Å². The summed E-state index contributed by atoms with van der Waals surface area (Å²) in [6, 6.07) is 7.24. The highest BCUT2D eigenvalue weighted by Crippen LogP contribution is 2.33. The van der Waals surface area contributed by atoms with Gasteiger partial charge in [-0.1, -0.05) is 37.0 Å². The highest BCUT2D eigenvalue weighted by Gasteiger charge is 2.18. The SMILES string of the molecule is Cc1ccc(C(=O)NCC(=O)Nc2nc(C3CCCCC3)cs2)cc1. The van der Waals surface area contributed by atoms with Crippen LogP contribution >= 0.6 is 11.3 Å². The van der Waals surface area contributed by atoms with E-state index >= 15 is 0 Å². The number of thiazole rings is 1. The standard InChI is InChI=1S/C19H23N3O2S/c1-13-7-9-15(10-8-13)18(24)20-11-17(23)22-19-21-16(12-25-19)14-5-3-2-4-6-14/h7-10,12,14H,2-6,11H2,1H3,(H,20,24)(H,21,22,23). The zero-order valence-corrected chi connectivity index (χ0v) is 15.2. The van der Waals surface area contributed by atoms with E-state index < -0.39 is 0 Å². The molecule has 2 aromatic rings. The molecule has 2 N–H and O–H groups in total. The van der Waals surface area contributed by atoms with Gasteiger partial charge >= 0.3 is 0 Å². The number of anilines is 1. The Morgan fingerprint density at radius 3 is 2.60 bits per heavy atom. The van der Waals surface area contributed by atoms with Gasteiger partial charge in [0.05, 0.1) is 12.2 Å². The molecule has 132 valence electrons. The Morgan fingerprint density at radius 1 is 1.16 bits per heavy atom. The Morgan fingerprint density at radius 2 is 1.88 bits per heavy atom. The fourth-order valence-electron chi connectivity index (χ4n) is 3.06. The van der Waals surface area contributed by atoms with Crippen LogP contribution in [0.25, 0.3) is 0 Å². The van der Waals surface area contributed by atoms with Crippen LogP contribution < -0.4 is 10.6 Å². The summed E-state index contributed by atoms with van der Waals surface area (Å²) in [5.41, 5.74) is 2.72. The first-order valence-corrected chi connectivity index (χ1v) is 9.60. The lowest BCUT2D eigenvalue weighted by Gasteiger charge is -2.19. The zero-order chi connectivity index (χ0) is 17.6. The van der Waals surface area contributed by atoms with Gasteiger partial charge < -0.3 is 10.6 Å². The lowest BCUT2D eigenvalue weighted by Crippen LogP contribution is -2.32. The Labute approximate surface area is 151 Å². The first kappa shape index (κ1) is 17.6. The molecule has 0 atom stereocenters. The van der Waals surface area contributed by atoms with Gasteiger partial charge in [-0.3, -0.25) is 9.59 Å². The summed E-state index contributed by atoms with van der Waals surface area (Å²) in [7, 11) is 0. The van der Waals surface area contributed by atoms with E-state index in [4.69, 9.17) is 0 Å². The van der Waals surface area contributed by atoms with Gasteiger partial charge in [0.25, 0.3) is 5.91 Å². The van der Waals surface area contributed by atoms with Crippen LogP contribution in [0, 0.1) is 6.92 Å². The third-order valence-electron chi connectivity index (χ3n) is 4.52. The Hall–Kier alpha value is -2.21. The van der Waals surface area contributed by atoms with Crippen molar-refractivity contribution in [1.82, 2.24) is 10.3 Å². The molecule has 1 saturated carbocycles. The number of aryl methyl sites for hydroxylation is 1. The maximum Gasteiger partial charge on any atom is 0.251 e. The van der Waals surface area contributed by atoms with Gasteiger partial charge in [-0.05, 0) is 31.9 Å². The highest BCUT2D eigenvalue weighted by atomic mass is 32.1. The van der Waals surface area contributed by atoms with Crippen molar-refractivity contribution in [3.8, 4) is 0 Å². The van der Waals surface area contributed by atoms with Crippen molar-refractivity contribution >= 4 is 28.3 Å². The molecule has 1 aromatic heterocycles. The number of rotatable bonds is 5. The minimum Gasteiger partial charge on any atom is -0.343 e. The fourth-order valence-corrected chi connectivity index (χ4v) is 3.87. The number of hydrogen-bond donors (Lipinski definition) is 2. The molecular formula is C19H23N3O2S. The minimum atomic E-state index is -0.259. The number of benzene rings is 1. The highest BCUT2D eigenvalue weighted by molar-refractivity contribution is 7.13. The van der Waals surface area contributed by atoms with Crippen molar-refractivity contribution in [2.45, 2.75) is 44.9 Å². The van der Waals surface area contributed by atoms with Crippen LogP contribution in [0.4, 0.5) is 5.13 Å². The normalized spacial score (nSPS) is 14.9. The molecule has 0 radical (unpaired) electrons. The lowest BCUT2D eigenvalue weighted by molar-refractivity contribution is -0.115. The first-order valence-electron chi connectivity index (χ1n) is 8.72. The van der Waals surface area contributed by atoms with E-state index in [9.17, 15) is 9.59 Å². The smallest absolute Gasteiger partial charge is 0.251 e. The summed E-state index contributed by atoms with van der Waals surface area (Å²) in [5, 5.41) is 8.05. The van der Waals surface area contributed by atoms with Gasteiger partial charge in [-0.25, -0.2) is 4.98 Å². The molecular weight excluding hydrogens is 334 g/mol. The molecule has 6 heteroatoms. The van der Waals surface area contributed by atoms with Gasteiger partial charge in [0.15, 0.2) is 5.13 Å². The molecule has 1 fully saturated rings. The predicted octanol–water partition coefficient (Wildman–Crippen LogP) is 3.87. The van der Waals surface area contributed by atoms with Gasteiger partial charge in [0, 0.05) is 16.9 Å². The van der Waals surface area contributed by atoms with E-state index in [2.05, 4.69) is 15.6 Å². The van der Waals surface area contributed by atoms with E-state index in [-0.39, 0.29) is 18.4 Å². The molecule has 1 aliphatic carbocycles. The summed E-state index contributed by atoms with van der Waals surface area (Å²) in [6.45, 7) is 1.90. The van der Waals surface area contributed by atoms with Crippen LogP contribution in [0.2, 0.25) is 0 Å². The maximum absolute atomic E-state index is 12.0. The summed E-state index contributed by atoms with van der Waals surface area (Å²) in [6.07, 6.45) is 6.20. The van der Waals surface area contributed by atoms with Gasteiger partial charge in [0.2, 0.25) is 5.91 Å². The fraction of sp³-hybridized carbons (Fsp3) is 0.421. The molecule has 0 aliphatic heterocycles. The summed E-state index contributed by atoms with van der Waals surface area (Å²) >= 11 is 1.45. The second kappa shape index (κ2) is 8.25. The molecule has 0 bridgehead atoms. The summed E-state index contributed by atoms with van der Waals surface area (Å²) in [5.74, 6) is 0.0130. The van der Waals surface area contributed by atoms with Crippen molar-refractivity contribution in [2.24, 2.45) is 0 Å². The van der Waals surface area contributed by atoms with Crippen LogP contribution in [0.3, 0.4) is 0 Å². The topological polar surface area (TPSA) is 71.1 Å². The second-order valence-electron chi connectivity index (χ2n) is 6.51. The molecule has 0 unspecified atom stereocenters. The summed E-state index contributed by atoms with van der Waals surface area (Å²) in [4.78, 5) is 28.6. The van der Waals surface area contributed by atoms with Crippen LogP contribution in [0.5, 0.6) is 0 Å². The molecule has 5 nitrogen and oxygen atoms in total. The molecule has 1 aliphatic rings. The van der Waals surface area contributed by atoms with E-state index in [0.717, 1.165) is 11.3 Å². The Bertz CT molecular complexity index is 733.